The summed E-state index contributed by atoms with van der Waals surface area (Å²) in [5.41, 5.74) is 0.632. The highest BCUT2D eigenvalue weighted by Crippen LogP contribution is 2.34. The molecule has 5 heteroatoms. The van der Waals surface area contributed by atoms with Crippen molar-refractivity contribution in [3.05, 3.63) is 38.9 Å². The van der Waals surface area contributed by atoms with Crippen molar-refractivity contribution in [2.24, 2.45) is 11.8 Å². The molecule has 4 nitrogen and oxygen atoms in total. The van der Waals surface area contributed by atoms with E-state index < -0.39 is 4.92 Å². The van der Waals surface area contributed by atoms with Crippen LogP contribution in [-0.4, -0.2) is 10.7 Å². The van der Waals surface area contributed by atoms with Crippen molar-refractivity contribution >= 4 is 23.1 Å². The third kappa shape index (κ3) is 4.03. The van der Waals surface area contributed by atoms with Crippen molar-refractivity contribution in [3.8, 4) is 0 Å². The lowest BCUT2D eigenvalue weighted by Gasteiger charge is -2.27. The Balaban J connectivity index is 2.16. The Morgan fingerprint density at radius 2 is 2.19 bits per heavy atom. The van der Waals surface area contributed by atoms with E-state index in [2.05, 4.69) is 6.92 Å². The van der Waals surface area contributed by atoms with Crippen LogP contribution in [-0.2, 0) is 11.2 Å². The Kier molecular flexibility index (Phi) is 5.34. The molecule has 1 aliphatic rings. The fourth-order valence-electron chi connectivity index (χ4n) is 3.21. The quantitative estimate of drug-likeness (QED) is 0.591. The van der Waals surface area contributed by atoms with E-state index in [-0.39, 0.29) is 17.4 Å². The molecule has 0 heterocycles. The van der Waals surface area contributed by atoms with E-state index >= 15 is 0 Å². The number of carbonyl (C=O) groups is 1. The molecule has 0 radical (unpaired) electrons. The molecule has 21 heavy (non-hydrogen) atoms. The Labute approximate surface area is 129 Å². The smallest absolute Gasteiger partial charge is 0.274 e. The Morgan fingerprint density at radius 1 is 1.43 bits per heavy atom. The molecular formula is C16H20ClNO3. The third-order valence-electron chi connectivity index (χ3n) is 4.28. The van der Waals surface area contributed by atoms with Crippen LogP contribution in [0.1, 0.15) is 44.6 Å². The van der Waals surface area contributed by atoms with E-state index in [1.54, 1.807) is 12.1 Å². The van der Waals surface area contributed by atoms with Gasteiger partial charge in [-0.3, -0.25) is 14.9 Å². The fraction of sp³-hybridized carbons (Fsp3) is 0.562. The van der Waals surface area contributed by atoms with Gasteiger partial charge in [-0.05, 0) is 31.2 Å². The number of nitro groups is 1. The predicted octanol–water partition coefficient (Wildman–Crippen LogP) is 4.58. The second kappa shape index (κ2) is 7.03. The van der Waals surface area contributed by atoms with E-state index in [9.17, 15) is 14.9 Å². The van der Waals surface area contributed by atoms with Crippen molar-refractivity contribution in [2.45, 2.75) is 45.4 Å². The van der Waals surface area contributed by atoms with Crippen LogP contribution in [0.5, 0.6) is 0 Å². The first-order valence-corrected chi connectivity index (χ1v) is 7.84. The lowest BCUT2D eigenvalue weighted by molar-refractivity contribution is -0.385. The van der Waals surface area contributed by atoms with Gasteiger partial charge >= 0.3 is 0 Å². The van der Waals surface area contributed by atoms with Crippen LogP contribution in [0.25, 0.3) is 0 Å². The minimum absolute atomic E-state index is 0.0212. The Bertz CT molecular complexity index is 544. The van der Waals surface area contributed by atoms with Crippen molar-refractivity contribution < 1.29 is 9.72 Å². The molecule has 0 aromatic heterocycles. The van der Waals surface area contributed by atoms with Gasteiger partial charge in [0.25, 0.3) is 5.69 Å². The van der Waals surface area contributed by atoms with Crippen molar-refractivity contribution in [3.63, 3.8) is 0 Å². The van der Waals surface area contributed by atoms with Crippen LogP contribution in [0, 0.1) is 22.0 Å². The highest BCUT2D eigenvalue weighted by atomic mass is 35.5. The molecule has 2 unspecified atom stereocenters. The maximum Gasteiger partial charge on any atom is 0.274 e. The summed E-state index contributed by atoms with van der Waals surface area (Å²) < 4.78 is 0. The number of nitrogens with zero attached hydrogens (tertiary/aromatic N) is 1. The molecule has 1 fully saturated rings. The lowest BCUT2D eigenvalue weighted by Crippen LogP contribution is -2.26. The second-order valence-corrected chi connectivity index (χ2v) is 6.26. The molecule has 0 aliphatic heterocycles. The van der Waals surface area contributed by atoms with Gasteiger partial charge in [-0.2, -0.15) is 0 Å². The van der Waals surface area contributed by atoms with Crippen molar-refractivity contribution in [2.75, 3.05) is 0 Å². The first-order valence-electron chi connectivity index (χ1n) is 7.46. The zero-order valence-electron chi connectivity index (χ0n) is 12.2. The summed E-state index contributed by atoms with van der Waals surface area (Å²) in [4.78, 5) is 22.8. The average molecular weight is 310 g/mol. The molecule has 114 valence electrons. The minimum atomic E-state index is -0.419. The van der Waals surface area contributed by atoms with E-state index in [1.165, 1.54) is 6.07 Å². The zero-order valence-corrected chi connectivity index (χ0v) is 12.9. The lowest BCUT2D eigenvalue weighted by atomic mass is 9.76. The minimum Gasteiger partial charge on any atom is -0.299 e. The number of benzene rings is 1. The van der Waals surface area contributed by atoms with Gasteiger partial charge in [-0.1, -0.05) is 37.4 Å². The van der Waals surface area contributed by atoms with Gasteiger partial charge in [-0.15, -0.1) is 0 Å². The maximum absolute atomic E-state index is 12.1. The summed E-state index contributed by atoms with van der Waals surface area (Å²) in [6.07, 6.45) is 5.13. The van der Waals surface area contributed by atoms with E-state index in [0.717, 1.165) is 25.7 Å². The molecule has 0 amide bonds. The van der Waals surface area contributed by atoms with Crippen LogP contribution in [0.15, 0.2) is 18.2 Å². The number of nitro benzene ring substituents is 1. The molecule has 0 spiro atoms. The number of hydrogen-bond acceptors (Lipinski definition) is 3. The predicted molar refractivity (Wildman–Crippen MR) is 82.6 cm³/mol. The fourth-order valence-corrected chi connectivity index (χ4v) is 3.38. The van der Waals surface area contributed by atoms with Gasteiger partial charge in [-0.25, -0.2) is 0 Å². The number of rotatable bonds is 5. The van der Waals surface area contributed by atoms with Gasteiger partial charge in [0, 0.05) is 29.0 Å². The van der Waals surface area contributed by atoms with Gasteiger partial charge in [0.1, 0.15) is 5.78 Å². The van der Waals surface area contributed by atoms with Gasteiger partial charge in [0.2, 0.25) is 0 Å². The molecule has 1 aromatic carbocycles. The molecule has 2 atom stereocenters. The van der Waals surface area contributed by atoms with Crippen LogP contribution in [0.3, 0.4) is 0 Å². The SMILES string of the molecule is CCCC1CCC(=O)C(Cc2ccc(Cl)cc2[N+](=O)[O-])C1. The van der Waals surface area contributed by atoms with E-state index in [1.807, 2.05) is 0 Å². The molecular weight excluding hydrogens is 290 g/mol. The molecule has 0 bridgehead atoms. The number of hydrogen-bond donors (Lipinski definition) is 0. The summed E-state index contributed by atoms with van der Waals surface area (Å²) in [6, 6.07) is 4.70. The number of carbonyl (C=O) groups excluding carboxylic acids is 1. The molecule has 0 N–H and O–H groups in total. The summed E-state index contributed by atoms with van der Waals surface area (Å²) in [6.45, 7) is 2.15. The van der Waals surface area contributed by atoms with E-state index in [0.29, 0.717) is 29.3 Å². The summed E-state index contributed by atoms with van der Waals surface area (Å²) in [5.74, 6) is 0.728. The Hall–Kier alpha value is -1.42. The normalized spacial score (nSPS) is 22.3. The number of Topliss-reactive ketones (excluding diaryl/α,β-unsaturated/α-hetero) is 1. The largest absolute Gasteiger partial charge is 0.299 e. The molecule has 0 saturated heterocycles. The Morgan fingerprint density at radius 3 is 2.86 bits per heavy atom. The highest BCUT2D eigenvalue weighted by Gasteiger charge is 2.30. The summed E-state index contributed by atoms with van der Waals surface area (Å²) in [5, 5.41) is 11.5. The number of ketones is 1. The molecule has 1 aromatic rings. The third-order valence-corrected chi connectivity index (χ3v) is 4.51. The topological polar surface area (TPSA) is 60.2 Å². The van der Waals surface area contributed by atoms with Crippen LogP contribution < -0.4 is 0 Å². The highest BCUT2D eigenvalue weighted by molar-refractivity contribution is 6.30. The van der Waals surface area contributed by atoms with Crippen molar-refractivity contribution in [1.82, 2.24) is 0 Å². The van der Waals surface area contributed by atoms with Crippen molar-refractivity contribution in [1.29, 1.82) is 0 Å². The monoisotopic (exact) mass is 309 g/mol. The second-order valence-electron chi connectivity index (χ2n) is 5.83. The van der Waals surface area contributed by atoms with Crippen LogP contribution >= 0.6 is 11.6 Å². The van der Waals surface area contributed by atoms with Crippen LogP contribution in [0.4, 0.5) is 5.69 Å². The van der Waals surface area contributed by atoms with Gasteiger partial charge in [0.05, 0.1) is 4.92 Å². The molecule has 1 saturated carbocycles. The first kappa shape index (κ1) is 16.0. The van der Waals surface area contributed by atoms with Gasteiger partial charge < -0.3 is 0 Å². The van der Waals surface area contributed by atoms with Gasteiger partial charge in [0.15, 0.2) is 0 Å². The standard InChI is InChI=1S/C16H20ClNO3/c1-2-3-11-4-7-16(19)13(8-11)9-12-5-6-14(17)10-15(12)18(20)21/h5-6,10-11,13H,2-4,7-9H2,1H3. The zero-order chi connectivity index (χ0) is 15.4. The van der Waals surface area contributed by atoms with E-state index in [4.69, 9.17) is 11.6 Å². The average Bonchev–Trinajstić information content (AvgIpc) is 2.44. The summed E-state index contributed by atoms with van der Waals surface area (Å²) >= 11 is 5.83. The first-order chi connectivity index (χ1) is 10.0. The molecule has 2 rings (SSSR count). The maximum atomic E-state index is 12.1. The summed E-state index contributed by atoms with van der Waals surface area (Å²) in [7, 11) is 0. The number of halogens is 1. The van der Waals surface area contributed by atoms with Crippen LogP contribution in [0.2, 0.25) is 5.02 Å². The molecule has 1 aliphatic carbocycles.